The number of fused-ring (bicyclic) bond motifs is 2. The zero-order chi connectivity index (χ0) is 45.2. The van der Waals surface area contributed by atoms with E-state index in [-0.39, 0.29) is 62.3 Å². The molecule has 4 N–H and O–H groups in total. The Morgan fingerprint density at radius 3 is 2.23 bits per heavy atom. The number of halogens is 2. The number of carbonyl (C=O) groups is 5. The quantitative estimate of drug-likeness (QED) is 0.0585. The second kappa shape index (κ2) is 23.7. The normalized spacial score (nSPS) is 12.9. The Kier molecular flexibility index (Phi) is 18.5. The van der Waals surface area contributed by atoms with Gasteiger partial charge in [0.05, 0.1) is 38.0 Å². The summed E-state index contributed by atoms with van der Waals surface area (Å²) in [6.45, 7) is 15.3. The Bertz CT molecular complexity index is 2310. The van der Waals surface area contributed by atoms with Crippen molar-refractivity contribution in [3.63, 3.8) is 0 Å². The van der Waals surface area contributed by atoms with Crippen LogP contribution in [0.4, 0.5) is 14.5 Å². The Labute approximate surface area is 361 Å². The number of rotatable bonds is 23. The van der Waals surface area contributed by atoms with E-state index in [1.54, 1.807) is 49.6 Å². The van der Waals surface area contributed by atoms with Gasteiger partial charge in [0.15, 0.2) is 0 Å². The van der Waals surface area contributed by atoms with Crippen LogP contribution in [0.15, 0.2) is 67.2 Å². The molecule has 1 unspecified atom stereocenters. The Morgan fingerprint density at radius 2 is 1.58 bits per heavy atom. The van der Waals surface area contributed by atoms with Crippen molar-refractivity contribution in [3.05, 3.63) is 100 Å². The van der Waals surface area contributed by atoms with Crippen LogP contribution in [0.5, 0.6) is 0 Å². The molecular formula is C47H58F2N6O7. The maximum Gasteiger partial charge on any atom is 0.270 e. The minimum atomic E-state index is -2.95. The van der Waals surface area contributed by atoms with Crippen LogP contribution in [-0.2, 0) is 41.1 Å². The second-order valence-electron chi connectivity index (χ2n) is 14.4. The van der Waals surface area contributed by atoms with Gasteiger partial charge in [0.25, 0.3) is 11.8 Å². The van der Waals surface area contributed by atoms with Crippen molar-refractivity contribution >= 4 is 65.4 Å². The van der Waals surface area contributed by atoms with E-state index >= 15 is 0 Å². The van der Waals surface area contributed by atoms with E-state index in [9.17, 15) is 32.8 Å². The number of alkyl halides is 2. The number of nitrogens with zero attached hydrogens (tertiary/aromatic N) is 2. The molecule has 0 aliphatic carbocycles. The minimum Gasteiger partial charge on any atom is -0.393 e. The molecule has 62 heavy (non-hydrogen) atoms. The highest BCUT2D eigenvalue weighted by molar-refractivity contribution is 5.99. The molecule has 2 heterocycles. The summed E-state index contributed by atoms with van der Waals surface area (Å²) in [5.74, 6) is -3.67. The van der Waals surface area contributed by atoms with Crippen LogP contribution in [-0.4, -0.2) is 92.4 Å². The Balaban J connectivity index is 0.00000416. The maximum atomic E-state index is 13.8. The first-order valence-electron chi connectivity index (χ1n) is 20.8. The van der Waals surface area contributed by atoms with Crippen molar-refractivity contribution in [2.24, 2.45) is 0 Å². The number of ether oxygens (including phenoxy) is 2. The van der Waals surface area contributed by atoms with Crippen LogP contribution < -0.4 is 31.8 Å². The molecule has 1 aliphatic rings. The molecule has 332 valence electrons. The van der Waals surface area contributed by atoms with Crippen LogP contribution in [0.3, 0.4) is 0 Å². The molecule has 0 saturated carbocycles. The number of hydrogen-bond donors (Lipinski definition) is 4. The molecule has 1 atom stereocenters. The number of carbonyl (C=O) groups excluding carboxylic acids is 5. The summed E-state index contributed by atoms with van der Waals surface area (Å²) in [4.78, 5) is 62.4. The number of nitrogens with one attached hydrogen (secondary N) is 4. The van der Waals surface area contributed by atoms with E-state index in [2.05, 4.69) is 34.4 Å². The highest BCUT2D eigenvalue weighted by atomic mass is 19.3. The largest absolute Gasteiger partial charge is 0.393 e. The van der Waals surface area contributed by atoms with Gasteiger partial charge in [-0.05, 0) is 49.2 Å². The fourth-order valence-corrected chi connectivity index (χ4v) is 7.07. The third-order valence-electron chi connectivity index (χ3n) is 10.1. The molecule has 3 aromatic carbocycles. The molecule has 15 heteroatoms. The molecule has 1 aromatic heterocycles. The van der Waals surface area contributed by atoms with Gasteiger partial charge in [0.2, 0.25) is 11.8 Å². The highest BCUT2D eigenvalue weighted by Gasteiger charge is 2.30. The average molecular weight is 857 g/mol. The number of anilines is 1. The van der Waals surface area contributed by atoms with Gasteiger partial charge in [-0.1, -0.05) is 51.3 Å². The molecule has 3 amide bonds. The Morgan fingerprint density at radius 1 is 0.903 bits per heavy atom. The lowest BCUT2D eigenvalue weighted by Crippen LogP contribution is -2.31. The smallest absolute Gasteiger partial charge is 0.270 e. The first-order chi connectivity index (χ1) is 29.9. The third-order valence-corrected chi connectivity index (χ3v) is 10.1. The van der Waals surface area contributed by atoms with Crippen molar-refractivity contribution in [2.75, 3.05) is 51.9 Å². The zero-order valence-corrected chi connectivity index (χ0v) is 36.0. The van der Waals surface area contributed by atoms with Crippen LogP contribution in [0, 0.1) is 0 Å². The Hall–Kier alpha value is -6.19. The van der Waals surface area contributed by atoms with E-state index in [0.29, 0.717) is 67.1 Å². The van der Waals surface area contributed by atoms with Crippen molar-refractivity contribution < 1.29 is 42.2 Å². The number of benzene rings is 3. The molecular weight excluding hydrogens is 799 g/mol. The standard InChI is InChI=1S/C45H52F2N6O7.C2H6/c1-30-36-9-5-10-40(39(36)28-52(30)35(29-55)8-7-21-54)51-43(57)12-6-11-42(56)49-19-22-59-24-25-60-23-20-50-44(58)32-13-18-41-37(26-32)38(27-48-4)31(2)53(41)34-16-14-33(15-17-34)45(3,46)47;1-2/h5,9-10,13-18,21,26-27,29,35,48H,1-2,6-8,11-12,19-20,22-25,28H2,3-4H3,(H,49,56)(H,50,58)(H,51,57);1-2H3/b38-27+;. The van der Waals surface area contributed by atoms with Gasteiger partial charge in [0, 0.05) is 114 Å². The van der Waals surface area contributed by atoms with Crippen LogP contribution in [0.25, 0.3) is 35.1 Å². The van der Waals surface area contributed by atoms with Crippen LogP contribution >= 0.6 is 0 Å². The fourth-order valence-electron chi connectivity index (χ4n) is 7.07. The fraction of sp³-hybridized carbons (Fsp3) is 0.383. The molecule has 0 saturated heterocycles. The highest BCUT2D eigenvalue weighted by Crippen LogP contribution is 2.38. The van der Waals surface area contributed by atoms with Crippen molar-refractivity contribution in [1.29, 1.82) is 0 Å². The minimum absolute atomic E-state index is 0.0863. The summed E-state index contributed by atoms with van der Waals surface area (Å²) in [6.07, 6.45) is 4.70. The number of aldehydes is 2. The summed E-state index contributed by atoms with van der Waals surface area (Å²) in [6, 6.07) is 16.3. The monoisotopic (exact) mass is 856 g/mol. The lowest BCUT2D eigenvalue weighted by molar-refractivity contribution is -0.121. The van der Waals surface area contributed by atoms with Crippen molar-refractivity contribution in [3.8, 4) is 5.69 Å². The molecule has 1 aliphatic heterocycles. The molecule has 4 aromatic rings. The first-order valence-corrected chi connectivity index (χ1v) is 20.8. The zero-order valence-electron chi connectivity index (χ0n) is 36.0. The van der Waals surface area contributed by atoms with E-state index in [4.69, 9.17) is 9.47 Å². The molecule has 0 fully saturated rings. The van der Waals surface area contributed by atoms with Gasteiger partial charge in [0.1, 0.15) is 12.6 Å². The topological polar surface area (TPSA) is 160 Å². The van der Waals surface area contributed by atoms with E-state index in [1.165, 1.54) is 12.1 Å². The second-order valence-corrected chi connectivity index (χ2v) is 14.4. The number of hydrogen-bond acceptors (Lipinski definition) is 9. The maximum absolute atomic E-state index is 13.8. The van der Waals surface area contributed by atoms with Gasteiger partial charge in [-0.15, -0.1) is 0 Å². The number of amides is 3. The molecule has 0 spiro atoms. The SMILES string of the molecule is C=C1c2cccc(NC(=O)CCCC(=O)NCCOCCOCCNC(=O)c3ccc4c(c3)/c(=C/NC)c(=C)n4-c3ccc(C(C)(F)F)cc3)c2CN1C(C=O)CCC=O.CC. The van der Waals surface area contributed by atoms with Crippen molar-refractivity contribution in [1.82, 2.24) is 25.4 Å². The van der Waals surface area contributed by atoms with Gasteiger partial charge < -0.3 is 49.8 Å². The van der Waals surface area contributed by atoms with Crippen LogP contribution in [0.1, 0.15) is 79.9 Å². The molecule has 0 radical (unpaired) electrons. The summed E-state index contributed by atoms with van der Waals surface area (Å²) >= 11 is 0. The predicted molar refractivity (Wildman–Crippen MR) is 238 cm³/mol. The summed E-state index contributed by atoms with van der Waals surface area (Å²) in [7, 11) is 1.76. The van der Waals surface area contributed by atoms with E-state index in [0.717, 1.165) is 46.7 Å². The lowest BCUT2D eigenvalue weighted by atomic mass is 10.1. The van der Waals surface area contributed by atoms with Gasteiger partial charge in [-0.25, -0.2) is 8.78 Å². The third kappa shape index (κ3) is 12.7. The summed E-state index contributed by atoms with van der Waals surface area (Å²) in [5, 5.41) is 13.7. The van der Waals surface area contributed by atoms with Crippen LogP contribution in [0.2, 0.25) is 0 Å². The molecule has 5 rings (SSSR count). The van der Waals surface area contributed by atoms with Gasteiger partial charge >= 0.3 is 0 Å². The predicted octanol–water partition coefficient (Wildman–Crippen LogP) is 5.16. The van der Waals surface area contributed by atoms with Gasteiger partial charge in [-0.2, -0.15) is 0 Å². The van der Waals surface area contributed by atoms with E-state index in [1.807, 2.05) is 35.4 Å². The molecule has 13 nitrogen and oxygen atoms in total. The lowest BCUT2D eigenvalue weighted by Gasteiger charge is -2.25. The summed E-state index contributed by atoms with van der Waals surface area (Å²) < 4.78 is 40.6. The van der Waals surface area contributed by atoms with E-state index < -0.39 is 12.0 Å². The first kappa shape index (κ1) is 48.5. The average Bonchev–Trinajstić information content (AvgIpc) is 3.74. The molecule has 0 bridgehead atoms. The number of aromatic nitrogens is 1. The summed E-state index contributed by atoms with van der Waals surface area (Å²) in [5.41, 5.74) is 4.78. The van der Waals surface area contributed by atoms with Gasteiger partial charge in [-0.3, -0.25) is 14.4 Å². The van der Waals surface area contributed by atoms with Crippen molar-refractivity contribution in [2.45, 2.75) is 71.4 Å².